The highest BCUT2D eigenvalue weighted by Crippen LogP contribution is 2.51. The van der Waals surface area contributed by atoms with E-state index in [1.54, 1.807) is 0 Å². The SMILES string of the molecule is c1ccc(-c2ccc(N(c3ccc(-c4ccccc4)cc3)c3cc(-c4ccccc4)c(-c4ccc(-c5ccccn5)c(-c5ccccc5)c4)cc3N(c3ccc(-c4ccccc4)cc3)c3ccc(-c4ccccc4)cc3)cc2)cc1. The zero-order valence-corrected chi connectivity index (χ0v) is 44.1. The molecule has 0 atom stereocenters. The van der Waals surface area contributed by atoms with Gasteiger partial charge in [-0.2, -0.15) is 0 Å². The minimum atomic E-state index is 0.925. The summed E-state index contributed by atoms with van der Waals surface area (Å²) < 4.78 is 0. The van der Waals surface area contributed by atoms with Gasteiger partial charge in [-0.3, -0.25) is 4.98 Å². The van der Waals surface area contributed by atoms with E-state index in [1.807, 2.05) is 12.3 Å². The summed E-state index contributed by atoms with van der Waals surface area (Å²) in [6.45, 7) is 0. The van der Waals surface area contributed by atoms with Gasteiger partial charge < -0.3 is 9.80 Å². The van der Waals surface area contributed by atoms with Crippen LogP contribution in [0.25, 0.3) is 89.1 Å². The summed E-state index contributed by atoms with van der Waals surface area (Å²) >= 11 is 0. The van der Waals surface area contributed by atoms with E-state index in [4.69, 9.17) is 4.98 Å². The van der Waals surface area contributed by atoms with Gasteiger partial charge >= 0.3 is 0 Å². The first-order chi connectivity index (χ1) is 39.7. The molecule has 3 nitrogen and oxygen atoms in total. The second kappa shape index (κ2) is 22.5. The van der Waals surface area contributed by atoms with E-state index in [2.05, 4.69) is 331 Å². The molecule has 0 spiro atoms. The van der Waals surface area contributed by atoms with Crippen molar-refractivity contribution in [1.82, 2.24) is 4.98 Å². The molecule has 0 saturated heterocycles. The molecule has 1 aromatic heterocycles. The molecule has 13 aromatic rings. The highest BCUT2D eigenvalue weighted by molar-refractivity contribution is 6.00. The van der Waals surface area contributed by atoms with Crippen LogP contribution in [0.15, 0.2) is 334 Å². The van der Waals surface area contributed by atoms with Crippen LogP contribution in [-0.4, -0.2) is 4.98 Å². The number of rotatable bonds is 14. The van der Waals surface area contributed by atoms with Crippen molar-refractivity contribution in [2.45, 2.75) is 0 Å². The van der Waals surface area contributed by atoms with Gasteiger partial charge in [-0.1, -0.05) is 249 Å². The molecule has 0 aliphatic heterocycles. The van der Waals surface area contributed by atoms with Crippen LogP contribution in [0.5, 0.6) is 0 Å². The van der Waals surface area contributed by atoms with Crippen LogP contribution in [0.3, 0.4) is 0 Å². The summed E-state index contributed by atoms with van der Waals surface area (Å²) in [5.41, 5.74) is 23.9. The van der Waals surface area contributed by atoms with Crippen molar-refractivity contribution in [2.75, 3.05) is 9.80 Å². The Morgan fingerprint density at radius 3 is 0.762 bits per heavy atom. The van der Waals surface area contributed by atoms with Gasteiger partial charge in [-0.15, -0.1) is 0 Å². The van der Waals surface area contributed by atoms with Gasteiger partial charge in [-0.05, 0) is 157 Å². The molecule has 13 rings (SSSR count). The van der Waals surface area contributed by atoms with Crippen LogP contribution in [-0.2, 0) is 0 Å². The Morgan fingerprint density at radius 1 is 0.188 bits per heavy atom. The van der Waals surface area contributed by atoms with Crippen molar-refractivity contribution in [1.29, 1.82) is 0 Å². The summed E-state index contributed by atoms with van der Waals surface area (Å²) in [5, 5.41) is 0. The quantitative estimate of drug-likeness (QED) is 0.108. The van der Waals surface area contributed by atoms with E-state index >= 15 is 0 Å². The third kappa shape index (κ3) is 10.2. The summed E-state index contributed by atoms with van der Waals surface area (Å²) in [7, 11) is 0. The molecule has 3 heteroatoms. The molecule has 378 valence electrons. The molecular weight excluding hydrogens is 967 g/mol. The molecule has 0 bridgehead atoms. The molecule has 0 saturated carbocycles. The van der Waals surface area contributed by atoms with Crippen molar-refractivity contribution < 1.29 is 0 Å². The number of aromatic nitrogens is 1. The topological polar surface area (TPSA) is 19.4 Å². The van der Waals surface area contributed by atoms with Gasteiger partial charge in [0.05, 0.1) is 17.1 Å². The fourth-order valence-electron chi connectivity index (χ4n) is 10.9. The summed E-state index contributed by atoms with van der Waals surface area (Å²) in [6.07, 6.45) is 1.88. The Balaban J connectivity index is 1.11. The van der Waals surface area contributed by atoms with E-state index in [1.165, 1.54) is 22.3 Å². The maximum Gasteiger partial charge on any atom is 0.0709 e. The molecule has 0 amide bonds. The van der Waals surface area contributed by atoms with Crippen LogP contribution < -0.4 is 9.80 Å². The predicted molar refractivity (Wildman–Crippen MR) is 337 cm³/mol. The van der Waals surface area contributed by atoms with Gasteiger partial charge in [0.2, 0.25) is 0 Å². The minimum absolute atomic E-state index is 0.925. The second-order valence-electron chi connectivity index (χ2n) is 19.9. The third-order valence-electron chi connectivity index (χ3n) is 15.0. The van der Waals surface area contributed by atoms with Crippen molar-refractivity contribution in [3.05, 3.63) is 334 Å². The fraction of sp³-hybridized carbons (Fsp3) is 0. The van der Waals surface area contributed by atoms with E-state index < -0.39 is 0 Å². The van der Waals surface area contributed by atoms with Gasteiger partial charge in [0.25, 0.3) is 0 Å². The van der Waals surface area contributed by atoms with E-state index in [-0.39, 0.29) is 0 Å². The highest BCUT2D eigenvalue weighted by Gasteiger charge is 2.27. The lowest BCUT2D eigenvalue weighted by Gasteiger charge is -2.35. The molecule has 0 radical (unpaired) electrons. The first-order valence-corrected chi connectivity index (χ1v) is 27.3. The zero-order chi connectivity index (χ0) is 53.5. The number of pyridine rings is 1. The lowest BCUT2D eigenvalue weighted by Crippen LogP contribution is -2.17. The van der Waals surface area contributed by atoms with Crippen molar-refractivity contribution >= 4 is 34.1 Å². The summed E-state index contributed by atoms with van der Waals surface area (Å²) in [5.74, 6) is 0. The number of nitrogens with zero attached hydrogens (tertiary/aromatic N) is 3. The fourth-order valence-corrected chi connectivity index (χ4v) is 10.9. The van der Waals surface area contributed by atoms with E-state index in [0.717, 1.165) is 101 Å². The number of anilines is 6. The van der Waals surface area contributed by atoms with Crippen LogP contribution in [0.1, 0.15) is 0 Å². The third-order valence-corrected chi connectivity index (χ3v) is 15.0. The molecular formula is C77H55N3. The zero-order valence-electron chi connectivity index (χ0n) is 44.1. The minimum Gasteiger partial charge on any atom is -0.308 e. The average molecular weight is 1020 g/mol. The van der Waals surface area contributed by atoms with Crippen molar-refractivity contribution in [3.63, 3.8) is 0 Å². The highest BCUT2D eigenvalue weighted by atomic mass is 15.2. The predicted octanol–water partition coefficient (Wildman–Crippen LogP) is 21.4. The lowest BCUT2D eigenvalue weighted by atomic mass is 9.88. The van der Waals surface area contributed by atoms with Gasteiger partial charge in [-0.25, -0.2) is 0 Å². The van der Waals surface area contributed by atoms with E-state index in [9.17, 15) is 0 Å². The van der Waals surface area contributed by atoms with Gasteiger partial charge in [0.1, 0.15) is 0 Å². The Morgan fingerprint density at radius 2 is 0.450 bits per heavy atom. The van der Waals surface area contributed by atoms with Crippen molar-refractivity contribution in [2.24, 2.45) is 0 Å². The largest absolute Gasteiger partial charge is 0.308 e. The van der Waals surface area contributed by atoms with Crippen LogP contribution >= 0.6 is 0 Å². The van der Waals surface area contributed by atoms with E-state index in [0.29, 0.717) is 0 Å². The smallest absolute Gasteiger partial charge is 0.0709 e. The molecule has 1 heterocycles. The molecule has 12 aromatic carbocycles. The number of benzene rings is 12. The Kier molecular flexibility index (Phi) is 13.8. The summed E-state index contributed by atoms with van der Waals surface area (Å²) in [6, 6.07) is 118. The van der Waals surface area contributed by atoms with Crippen LogP contribution in [0.4, 0.5) is 34.1 Å². The summed E-state index contributed by atoms with van der Waals surface area (Å²) in [4.78, 5) is 9.77. The molecule has 0 fully saturated rings. The van der Waals surface area contributed by atoms with Gasteiger partial charge in [0.15, 0.2) is 0 Å². The number of hydrogen-bond acceptors (Lipinski definition) is 3. The van der Waals surface area contributed by atoms with Crippen LogP contribution in [0.2, 0.25) is 0 Å². The Bertz CT molecular complexity index is 3970. The first kappa shape index (κ1) is 49.0. The monoisotopic (exact) mass is 1020 g/mol. The maximum absolute atomic E-state index is 4.88. The first-order valence-electron chi connectivity index (χ1n) is 27.3. The molecule has 0 unspecified atom stereocenters. The maximum atomic E-state index is 4.88. The molecule has 0 N–H and O–H groups in total. The molecule has 0 aliphatic rings. The lowest BCUT2D eigenvalue weighted by molar-refractivity contribution is 1.23. The second-order valence-corrected chi connectivity index (χ2v) is 19.9. The standard InChI is InChI=1S/C77H55N3/c1-7-21-56(22-8-1)60-34-43-67(44-35-60)79(68-45-36-61(37-46-68)57-23-9-2-10-24-57)76-54-73(65-31-17-6-18-32-65)74(66-42-51-71(75-33-19-20-52-78-75)72(53-66)64-29-15-5-16-30-64)55-77(76)80(69-47-38-62(39-48-69)58-25-11-3-12-26-58)70-49-40-63(41-50-70)59-27-13-4-14-28-59/h1-55H. The molecule has 0 aliphatic carbocycles. The Hall–Kier alpha value is -10.6. The molecule has 80 heavy (non-hydrogen) atoms. The van der Waals surface area contributed by atoms with Gasteiger partial charge in [0, 0.05) is 34.5 Å². The normalized spacial score (nSPS) is 11.0. The average Bonchev–Trinajstić information content (AvgIpc) is 3.70. The number of hydrogen-bond donors (Lipinski definition) is 0. The van der Waals surface area contributed by atoms with Crippen molar-refractivity contribution in [3.8, 4) is 89.1 Å². The van der Waals surface area contributed by atoms with Crippen LogP contribution in [0, 0.1) is 0 Å². The Labute approximate surface area is 469 Å².